The molecule has 0 spiro atoms. The minimum Gasteiger partial charge on any atom is -0.366 e. The van der Waals surface area contributed by atoms with Crippen molar-refractivity contribution in [3.63, 3.8) is 0 Å². The average molecular weight is 715 g/mol. The number of benzene rings is 3. The topological polar surface area (TPSA) is 60.9 Å². The van der Waals surface area contributed by atoms with Gasteiger partial charge in [0, 0.05) is 46.9 Å². The second-order valence-electron chi connectivity index (χ2n) is 10.4. The minimum absolute atomic E-state index is 0.0149. The Labute approximate surface area is 273 Å². The zero-order valence-electron chi connectivity index (χ0n) is 23.4. The zero-order chi connectivity index (χ0) is 30.1. The van der Waals surface area contributed by atoms with Gasteiger partial charge in [-0.3, -0.25) is 9.10 Å². The van der Waals surface area contributed by atoms with Gasteiger partial charge in [0.2, 0.25) is 0 Å². The lowest BCUT2D eigenvalue weighted by molar-refractivity contribution is 0.0751. The number of hydrogen-bond donors (Lipinski definition) is 0. The van der Waals surface area contributed by atoms with Crippen LogP contribution in [-0.2, 0) is 16.4 Å². The predicted molar refractivity (Wildman–Crippen MR) is 183 cm³/mol. The van der Waals surface area contributed by atoms with Gasteiger partial charge in [-0.1, -0.05) is 35.9 Å². The minimum atomic E-state index is -3.92. The molecule has 1 aliphatic rings. The molecule has 1 amide bonds. The van der Waals surface area contributed by atoms with Gasteiger partial charge in [0.1, 0.15) is 4.88 Å². The maximum atomic E-state index is 14.5. The fourth-order valence-electron chi connectivity index (χ4n) is 5.36. The van der Waals surface area contributed by atoms with Crippen LogP contribution in [0.3, 0.4) is 0 Å². The Hall–Kier alpha value is -2.89. The van der Waals surface area contributed by atoms with E-state index in [4.69, 9.17) is 11.6 Å². The van der Waals surface area contributed by atoms with Crippen molar-refractivity contribution in [2.75, 3.05) is 41.9 Å². The normalized spacial score (nSPS) is 13.9. The standard InChI is InChI=1S/C32H29BrClN3O3S3/c1-22-21-42-30-11-10-25(20-26(22)30)43(39,40)37(14-12-23-6-8-24(34)9-7-23)29-5-3-2-4-28(29)35-15-17-36(18-16-35)32(38)31-27(33)13-19-41-31/h2-11,13,19-21H,12,14-18H2,1H3. The first-order valence-electron chi connectivity index (χ1n) is 13.8. The van der Waals surface area contributed by atoms with Crippen LogP contribution in [0.25, 0.3) is 10.1 Å². The molecule has 6 nitrogen and oxygen atoms in total. The van der Waals surface area contributed by atoms with E-state index in [9.17, 15) is 13.2 Å². The highest BCUT2D eigenvalue weighted by Crippen LogP contribution is 2.36. The van der Waals surface area contributed by atoms with Gasteiger partial charge in [0.05, 0.1) is 16.3 Å². The summed E-state index contributed by atoms with van der Waals surface area (Å²) in [6.07, 6.45) is 0.516. The number of fused-ring (bicyclic) bond motifs is 1. The number of sulfonamides is 1. The number of carbonyl (C=O) groups excluding carboxylic acids is 1. The lowest BCUT2D eigenvalue weighted by Gasteiger charge is -2.38. The Bertz CT molecular complexity index is 1880. The van der Waals surface area contributed by atoms with E-state index in [0.29, 0.717) is 48.2 Å². The van der Waals surface area contributed by atoms with Crippen LogP contribution in [0.5, 0.6) is 0 Å². The molecule has 0 bridgehead atoms. The van der Waals surface area contributed by atoms with Crippen molar-refractivity contribution < 1.29 is 13.2 Å². The smallest absolute Gasteiger partial charge is 0.265 e. The van der Waals surface area contributed by atoms with Gasteiger partial charge in [0.25, 0.3) is 15.9 Å². The maximum Gasteiger partial charge on any atom is 0.265 e. The Morgan fingerprint density at radius 1 is 0.977 bits per heavy atom. The number of anilines is 2. The van der Waals surface area contributed by atoms with E-state index in [2.05, 4.69) is 26.2 Å². The molecule has 0 aliphatic carbocycles. The first-order chi connectivity index (χ1) is 20.7. The van der Waals surface area contributed by atoms with E-state index < -0.39 is 10.0 Å². The van der Waals surface area contributed by atoms with Crippen molar-refractivity contribution >= 4 is 87.6 Å². The van der Waals surface area contributed by atoms with Crippen LogP contribution >= 0.6 is 50.2 Å². The molecule has 3 heterocycles. The van der Waals surface area contributed by atoms with Gasteiger partial charge in [0.15, 0.2) is 0 Å². The lowest BCUT2D eigenvalue weighted by atomic mass is 10.1. The Kier molecular flexibility index (Phi) is 8.84. The molecule has 0 unspecified atom stereocenters. The summed E-state index contributed by atoms with van der Waals surface area (Å²) in [4.78, 5) is 18.1. The third-order valence-corrected chi connectivity index (χ3v) is 12.7. The van der Waals surface area contributed by atoms with Gasteiger partial charge < -0.3 is 9.80 Å². The van der Waals surface area contributed by atoms with E-state index in [1.54, 1.807) is 27.8 Å². The molecular formula is C32H29BrClN3O3S3. The number of thiophene rings is 2. The highest BCUT2D eigenvalue weighted by molar-refractivity contribution is 9.10. The molecule has 3 aromatic carbocycles. The summed E-state index contributed by atoms with van der Waals surface area (Å²) >= 11 is 12.6. The number of para-hydroxylation sites is 2. The fourth-order valence-corrected chi connectivity index (χ4v) is 9.42. The molecule has 5 aromatic rings. The van der Waals surface area contributed by atoms with Crippen LogP contribution in [-0.4, -0.2) is 51.9 Å². The molecule has 222 valence electrons. The molecule has 11 heteroatoms. The molecule has 0 N–H and O–H groups in total. The number of amides is 1. The molecule has 1 aliphatic heterocycles. The first-order valence-corrected chi connectivity index (χ1v) is 18.2. The van der Waals surface area contributed by atoms with Crippen LogP contribution in [0, 0.1) is 6.92 Å². The molecule has 43 heavy (non-hydrogen) atoms. The molecule has 1 fully saturated rings. The maximum absolute atomic E-state index is 14.5. The molecule has 0 radical (unpaired) electrons. The van der Waals surface area contributed by atoms with E-state index in [0.717, 1.165) is 31.4 Å². The molecule has 6 rings (SSSR count). The van der Waals surface area contributed by atoms with Gasteiger partial charge in [-0.15, -0.1) is 22.7 Å². The summed E-state index contributed by atoms with van der Waals surface area (Å²) in [7, 11) is -3.92. The second-order valence-corrected chi connectivity index (χ2v) is 15.4. The van der Waals surface area contributed by atoms with Crippen molar-refractivity contribution in [1.29, 1.82) is 0 Å². The third-order valence-electron chi connectivity index (χ3n) is 7.71. The van der Waals surface area contributed by atoms with Crippen molar-refractivity contribution in [1.82, 2.24) is 4.90 Å². The van der Waals surface area contributed by atoms with E-state index >= 15 is 0 Å². The third kappa shape index (κ3) is 6.21. The summed E-state index contributed by atoms with van der Waals surface area (Å²) in [6.45, 7) is 4.54. The first kappa shape index (κ1) is 30.1. The molecule has 2 aromatic heterocycles. The largest absolute Gasteiger partial charge is 0.366 e. The summed E-state index contributed by atoms with van der Waals surface area (Å²) in [5, 5.41) is 5.55. The van der Waals surface area contributed by atoms with Crippen molar-refractivity contribution in [3.8, 4) is 0 Å². The number of nitrogens with zero attached hydrogens (tertiary/aromatic N) is 3. The number of hydrogen-bond acceptors (Lipinski definition) is 6. The highest BCUT2D eigenvalue weighted by atomic mass is 79.9. The summed E-state index contributed by atoms with van der Waals surface area (Å²) in [5.41, 5.74) is 3.52. The lowest BCUT2D eigenvalue weighted by Crippen LogP contribution is -2.49. The monoisotopic (exact) mass is 713 g/mol. The van der Waals surface area contributed by atoms with E-state index in [1.165, 1.54) is 11.3 Å². The van der Waals surface area contributed by atoms with Crippen molar-refractivity contribution in [2.45, 2.75) is 18.2 Å². The summed E-state index contributed by atoms with van der Waals surface area (Å²) in [5.74, 6) is 0.0149. The Morgan fingerprint density at radius 3 is 2.44 bits per heavy atom. The SMILES string of the molecule is Cc1csc2ccc(S(=O)(=O)N(CCc3ccc(Cl)cc3)c3ccccc3N3CCN(C(=O)c4sccc4Br)CC3)cc12. The van der Waals surface area contributed by atoms with E-state index in [1.807, 2.05) is 77.9 Å². The average Bonchev–Trinajstić information content (AvgIpc) is 3.62. The fraction of sp³-hybridized carbons (Fsp3) is 0.219. The second kappa shape index (κ2) is 12.6. The molecule has 1 saturated heterocycles. The number of rotatable bonds is 8. The van der Waals surface area contributed by atoms with Gasteiger partial charge in [-0.2, -0.15) is 0 Å². The Balaban J connectivity index is 1.32. The van der Waals surface area contributed by atoms with Crippen LogP contribution in [0.4, 0.5) is 11.4 Å². The van der Waals surface area contributed by atoms with Crippen LogP contribution in [0.1, 0.15) is 20.8 Å². The van der Waals surface area contributed by atoms with Crippen molar-refractivity contribution in [2.24, 2.45) is 0 Å². The van der Waals surface area contributed by atoms with Crippen molar-refractivity contribution in [3.05, 3.63) is 109 Å². The zero-order valence-corrected chi connectivity index (χ0v) is 28.2. The van der Waals surface area contributed by atoms with Gasteiger partial charge >= 0.3 is 0 Å². The van der Waals surface area contributed by atoms with Crippen LogP contribution in [0.15, 0.2) is 92.9 Å². The number of halogens is 2. The summed E-state index contributed by atoms with van der Waals surface area (Å²) < 4.78 is 32.3. The number of carbonyl (C=O) groups is 1. The van der Waals surface area contributed by atoms with Gasteiger partial charge in [-0.05, 0) is 105 Å². The number of aryl methyl sites for hydroxylation is 1. The Morgan fingerprint density at radius 2 is 1.72 bits per heavy atom. The molecule has 0 atom stereocenters. The predicted octanol–water partition coefficient (Wildman–Crippen LogP) is 8.09. The quantitative estimate of drug-likeness (QED) is 0.163. The molecule has 0 saturated carbocycles. The van der Waals surface area contributed by atoms with Crippen LogP contribution in [0.2, 0.25) is 5.02 Å². The summed E-state index contributed by atoms with van der Waals surface area (Å²) in [6, 6.07) is 22.5. The van der Waals surface area contributed by atoms with Crippen LogP contribution < -0.4 is 9.21 Å². The molecular weight excluding hydrogens is 686 g/mol. The van der Waals surface area contributed by atoms with Gasteiger partial charge in [-0.25, -0.2) is 8.42 Å². The van der Waals surface area contributed by atoms with E-state index in [-0.39, 0.29) is 17.3 Å². The highest BCUT2D eigenvalue weighted by Gasteiger charge is 2.31. The number of piperazine rings is 1.